The first kappa shape index (κ1) is 14.9. The molecule has 0 aromatic heterocycles. The summed E-state index contributed by atoms with van der Waals surface area (Å²) in [6.07, 6.45) is -0.629. The molecule has 0 bridgehead atoms. The van der Waals surface area contributed by atoms with Gasteiger partial charge in [-0.15, -0.1) is 0 Å². The maximum atomic E-state index is 11.5. The summed E-state index contributed by atoms with van der Waals surface area (Å²) in [7, 11) is 0. The monoisotopic (exact) mass is 274 g/mol. The fourth-order valence-corrected chi connectivity index (χ4v) is 2.05. The van der Waals surface area contributed by atoms with Crippen molar-refractivity contribution < 1.29 is 23.8 Å². The second-order valence-electron chi connectivity index (χ2n) is 4.51. The van der Waals surface area contributed by atoms with Gasteiger partial charge in [-0.3, -0.25) is 9.59 Å². The molecule has 18 heavy (non-hydrogen) atoms. The second-order valence-corrected chi connectivity index (χ2v) is 4.97. The van der Waals surface area contributed by atoms with Crippen molar-refractivity contribution in [2.45, 2.75) is 58.3 Å². The van der Waals surface area contributed by atoms with Gasteiger partial charge < -0.3 is 14.2 Å². The van der Waals surface area contributed by atoms with Crippen molar-refractivity contribution in [3.63, 3.8) is 0 Å². The summed E-state index contributed by atoms with van der Waals surface area (Å²) in [5.74, 6) is -0.807. The van der Waals surface area contributed by atoms with E-state index in [4.69, 9.17) is 26.4 Å². The van der Waals surface area contributed by atoms with Gasteiger partial charge in [-0.05, 0) is 33.0 Å². The Hall–Kier alpha value is -1.17. The highest BCUT2D eigenvalue weighted by Gasteiger charge is 2.22. The Morgan fingerprint density at radius 3 is 1.72 bits per heavy atom. The third-order valence-corrected chi connectivity index (χ3v) is 2.62. The minimum atomic E-state index is -0.490. The Labute approximate surface area is 112 Å². The van der Waals surface area contributed by atoms with E-state index in [1.807, 2.05) is 0 Å². The summed E-state index contributed by atoms with van der Waals surface area (Å²) in [5, 5.41) is 0.337. The number of carbonyl (C=O) groups is 2. The summed E-state index contributed by atoms with van der Waals surface area (Å²) >= 11 is 5.02. The molecule has 0 aromatic rings. The standard InChI is InChI=1S/C12H18O5S/c1-7-4-10(13)16-9(3)6-12(18)17-8(2)5-11(14)15-7/h7-9H,4-6H2,1-3H3/t7?,8-,9-/m1/s1. The Kier molecular flexibility index (Phi) is 5.53. The average molecular weight is 274 g/mol. The van der Waals surface area contributed by atoms with Gasteiger partial charge in [0.15, 0.2) is 5.05 Å². The van der Waals surface area contributed by atoms with Crippen LogP contribution < -0.4 is 0 Å². The van der Waals surface area contributed by atoms with Crippen LogP contribution >= 0.6 is 12.2 Å². The number of ether oxygens (including phenoxy) is 3. The van der Waals surface area contributed by atoms with Gasteiger partial charge in [0.25, 0.3) is 0 Å². The summed E-state index contributed by atoms with van der Waals surface area (Å²) in [6.45, 7) is 5.16. The van der Waals surface area contributed by atoms with E-state index in [0.717, 1.165) is 0 Å². The zero-order valence-corrected chi connectivity index (χ0v) is 11.6. The van der Waals surface area contributed by atoms with Crippen LogP contribution in [-0.2, 0) is 23.8 Å². The number of rotatable bonds is 0. The molecule has 1 aliphatic rings. The lowest BCUT2D eigenvalue weighted by Crippen LogP contribution is -2.28. The van der Waals surface area contributed by atoms with Crippen LogP contribution in [0.4, 0.5) is 0 Å². The predicted octanol–water partition coefficient (Wildman–Crippen LogP) is 1.77. The quantitative estimate of drug-likeness (QED) is 0.495. The van der Waals surface area contributed by atoms with Crippen molar-refractivity contribution in [2.75, 3.05) is 0 Å². The van der Waals surface area contributed by atoms with Crippen molar-refractivity contribution in [1.29, 1.82) is 0 Å². The van der Waals surface area contributed by atoms with Gasteiger partial charge in [-0.25, -0.2) is 0 Å². The first-order valence-corrected chi connectivity index (χ1v) is 6.36. The summed E-state index contributed by atoms with van der Waals surface area (Å²) in [6, 6.07) is 0. The topological polar surface area (TPSA) is 61.8 Å². The van der Waals surface area contributed by atoms with Gasteiger partial charge in [0, 0.05) is 0 Å². The molecular formula is C12H18O5S. The van der Waals surface area contributed by atoms with E-state index in [0.29, 0.717) is 11.5 Å². The van der Waals surface area contributed by atoms with Gasteiger partial charge in [0.05, 0.1) is 19.3 Å². The molecular weight excluding hydrogens is 256 g/mol. The average Bonchev–Trinajstić information content (AvgIpc) is 2.12. The molecule has 1 saturated heterocycles. The SMILES string of the molecule is CC1CC(=O)O[C@H](C)CC(=S)O[C@H](C)CC(=O)O1. The number of cyclic esters (lactones) is 2. The molecule has 0 radical (unpaired) electrons. The van der Waals surface area contributed by atoms with E-state index in [1.165, 1.54) is 0 Å². The second kappa shape index (κ2) is 6.68. The molecule has 0 spiro atoms. The fourth-order valence-electron chi connectivity index (χ4n) is 1.65. The van der Waals surface area contributed by atoms with Crippen molar-refractivity contribution in [2.24, 2.45) is 0 Å². The van der Waals surface area contributed by atoms with Gasteiger partial charge in [-0.2, -0.15) is 0 Å². The molecule has 1 unspecified atom stereocenters. The molecule has 0 aliphatic carbocycles. The molecule has 5 nitrogen and oxygen atoms in total. The Morgan fingerprint density at radius 1 is 0.833 bits per heavy atom. The van der Waals surface area contributed by atoms with Crippen LogP contribution in [0.15, 0.2) is 0 Å². The Balaban J connectivity index is 2.69. The van der Waals surface area contributed by atoms with Crippen molar-refractivity contribution in [1.82, 2.24) is 0 Å². The molecule has 6 heteroatoms. The molecule has 1 aliphatic heterocycles. The third kappa shape index (κ3) is 5.44. The maximum absolute atomic E-state index is 11.5. The smallest absolute Gasteiger partial charge is 0.309 e. The van der Waals surface area contributed by atoms with Gasteiger partial charge in [0.1, 0.15) is 18.3 Å². The molecule has 0 N–H and O–H groups in total. The lowest BCUT2D eigenvalue weighted by atomic mass is 10.2. The van der Waals surface area contributed by atoms with Gasteiger partial charge >= 0.3 is 11.9 Å². The van der Waals surface area contributed by atoms with Crippen molar-refractivity contribution in [3.05, 3.63) is 0 Å². The highest BCUT2D eigenvalue weighted by Crippen LogP contribution is 2.12. The maximum Gasteiger partial charge on any atom is 0.309 e. The lowest BCUT2D eigenvalue weighted by Gasteiger charge is -2.21. The first-order valence-electron chi connectivity index (χ1n) is 5.95. The first-order chi connectivity index (χ1) is 8.36. The van der Waals surface area contributed by atoms with E-state index in [1.54, 1.807) is 20.8 Å². The van der Waals surface area contributed by atoms with Crippen LogP contribution in [0.5, 0.6) is 0 Å². The van der Waals surface area contributed by atoms with Gasteiger partial charge in [0.2, 0.25) is 0 Å². The zero-order chi connectivity index (χ0) is 13.7. The van der Waals surface area contributed by atoms with Crippen molar-refractivity contribution in [3.8, 4) is 0 Å². The highest BCUT2D eigenvalue weighted by atomic mass is 32.1. The largest absolute Gasteiger partial charge is 0.483 e. The molecule has 0 amide bonds. The van der Waals surface area contributed by atoms with E-state index < -0.39 is 18.0 Å². The highest BCUT2D eigenvalue weighted by molar-refractivity contribution is 7.80. The van der Waals surface area contributed by atoms with E-state index in [2.05, 4.69) is 0 Å². The van der Waals surface area contributed by atoms with Crippen LogP contribution in [0.1, 0.15) is 40.0 Å². The number of hydrogen-bond acceptors (Lipinski definition) is 6. The number of carbonyl (C=O) groups excluding carboxylic acids is 2. The fraction of sp³-hybridized carbons (Fsp3) is 0.750. The molecule has 1 heterocycles. The molecule has 0 saturated carbocycles. The minimum Gasteiger partial charge on any atom is -0.483 e. The van der Waals surface area contributed by atoms with Crippen molar-refractivity contribution >= 4 is 29.2 Å². The predicted molar refractivity (Wildman–Crippen MR) is 68.1 cm³/mol. The summed E-state index contributed by atoms with van der Waals surface area (Å²) < 4.78 is 15.6. The summed E-state index contributed by atoms with van der Waals surface area (Å²) in [5.41, 5.74) is 0. The molecule has 1 rings (SSSR count). The minimum absolute atomic E-state index is 0.0537. The molecule has 0 aromatic carbocycles. The number of thiocarbonyl (C=S) groups is 1. The third-order valence-electron chi connectivity index (χ3n) is 2.36. The van der Waals surface area contributed by atoms with E-state index in [-0.39, 0.29) is 25.0 Å². The van der Waals surface area contributed by atoms with Crippen LogP contribution in [0.2, 0.25) is 0 Å². The van der Waals surface area contributed by atoms with Gasteiger partial charge in [-0.1, -0.05) is 0 Å². The summed E-state index contributed by atoms with van der Waals surface area (Å²) in [4.78, 5) is 23.0. The Bertz CT molecular complexity index is 265. The molecule has 3 atom stereocenters. The van der Waals surface area contributed by atoms with E-state index in [9.17, 15) is 9.59 Å². The van der Waals surface area contributed by atoms with E-state index >= 15 is 0 Å². The lowest BCUT2D eigenvalue weighted by molar-refractivity contribution is -0.157. The van der Waals surface area contributed by atoms with Crippen LogP contribution in [-0.4, -0.2) is 35.3 Å². The number of hydrogen-bond donors (Lipinski definition) is 0. The molecule has 1 fully saturated rings. The van der Waals surface area contributed by atoms with Crippen LogP contribution in [0, 0.1) is 0 Å². The zero-order valence-electron chi connectivity index (χ0n) is 10.8. The number of esters is 2. The van der Waals surface area contributed by atoms with Crippen LogP contribution in [0.3, 0.4) is 0 Å². The Morgan fingerprint density at radius 2 is 1.22 bits per heavy atom. The molecule has 102 valence electrons. The van der Waals surface area contributed by atoms with Crippen LogP contribution in [0.25, 0.3) is 0 Å². The normalized spacial score (nSPS) is 31.5.